The lowest BCUT2D eigenvalue weighted by Gasteiger charge is -2.37. The van der Waals surface area contributed by atoms with Gasteiger partial charge in [-0.25, -0.2) is 0 Å². The number of nitrogens with zero attached hydrogens (tertiary/aromatic N) is 1. The van der Waals surface area contributed by atoms with Crippen LogP contribution in [-0.2, 0) is 0 Å². The highest BCUT2D eigenvalue weighted by Crippen LogP contribution is 2.30. The van der Waals surface area contributed by atoms with Crippen molar-refractivity contribution >= 4 is 5.78 Å². The van der Waals surface area contributed by atoms with Gasteiger partial charge in [-0.05, 0) is 45.2 Å². The minimum absolute atomic E-state index is 0.224. The lowest BCUT2D eigenvalue weighted by atomic mass is 9.80. The molecule has 2 rings (SSSR count). The summed E-state index contributed by atoms with van der Waals surface area (Å²) in [5, 5.41) is 0. The van der Waals surface area contributed by atoms with Crippen molar-refractivity contribution in [3.05, 3.63) is 35.9 Å². The molecular weight excluding hydrogens is 258 g/mol. The molecule has 1 aliphatic rings. The van der Waals surface area contributed by atoms with E-state index in [4.69, 9.17) is 0 Å². The minimum Gasteiger partial charge on any atom is -0.300 e. The van der Waals surface area contributed by atoms with Crippen LogP contribution >= 0.6 is 0 Å². The van der Waals surface area contributed by atoms with Gasteiger partial charge in [0, 0.05) is 17.5 Å². The molecule has 0 radical (unpaired) electrons. The third-order valence-electron chi connectivity index (χ3n) is 4.61. The molecule has 1 fully saturated rings. The van der Waals surface area contributed by atoms with E-state index in [1.165, 1.54) is 38.8 Å². The number of rotatable bonds is 7. The number of carbonyl (C=O) groups is 1. The molecule has 116 valence electrons. The zero-order chi connectivity index (χ0) is 15.1. The lowest BCUT2D eigenvalue weighted by molar-refractivity contribution is 0.0792. The van der Waals surface area contributed by atoms with E-state index < -0.39 is 0 Å². The maximum Gasteiger partial charge on any atom is 0.165 e. The van der Waals surface area contributed by atoms with Crippen molar-refractivity contribution in [3.63, 3.8) is 0 Å². The van der Waals surface area contributed by atoms with E-state index in [0.29, 0.717) is 11.8 Å². The molecule has 0 spiro atoms. The molecule has 1 aromatic rings. The maximum atomic E-state index is 12.7. The molecule has 0 amide bonds. The highest BCUT2D eigenvalue weighted by molar-refractivity contribution is 5.97. The van der Waals surface area contributed by atoms with Gasteiger partial charge in [-0.3, -0.25) is 4.79 Å². The van der Waals surface area contributed by atoms with Gasteiger partial charge in [0.05, 0.1) is 0 Å². The number of benzene rings is 1. The van der Waals surface area contributed by atoms with Gasteiger partial charge in [-0.1, -0.05) is 50.6 Å². The summed E-state index contributed by atoms with van der Waals surface area (Å²) in [5.41, 5.74) is 0.890. The normalized spacial score (nSPS) is 22.4. The van der Waals surface area contributed by atoms with Crippen molar-refractivity contribution in [1.82, 2.24) is 4.90 Å². The number of carbonyl (C=O) groups excluding carboxylic acids is 1. The Morgan fingerprint density at radius 1 is 1.10 bits per heavy atom. The van der Waals surface area contributed by atoms with Crippen molar-refractivity contribution in [2.75, 3.05) is 13.1 Å². The van der Waals surface area contributed by atoms with Crippen LogP contribution in [0.2, 0.25) is 0 Å². The first-order chi connectivity index (χ1) is 10.3. The molecule has 2 heteroatoms. The van der Waals surface area contributed by atoms with Crippen molar-refractivity contribution in [1.29, 1.82) is 0 Å². The van der Waals surface area contributed by atoms with Gasteiger partial charge in [0.15, 0.2) is 5.78 Å². The van der Waals surface area contributed by atoms with Gasteiger partial charge in [-0.15, -0.1) is 0 Å². The van der Waals surface area contributed by atoms with Crippen molar-refractivity contribution in [2.45, 2.75) is 58.4 Å². The second-order valence-corrected chi connectivity index (χ2v) is 6.28. The molecule has 0 aromatic heterocycles. The van der Waals surface area contributed by atoms with Gasteiger partial charge in [0.25, 0.3) is 0 Å². The van der Waals surface area contributed by atoms with Gasteiger partial charge in [0.1, 0.15) is 0 Å². The summed E-state index contributed by atoms with van der Waals surface area (Å²) in [6.07, 6.45) is 6.97. The SMILES string of the molecule is CCCN(CCC)[C@@H]1CCCC(C(=O)c2ccccc2)C1. The highest BCUT2D eigenvalue weighted by Gasteiger charge is 2.30. The molecule has 0 aliphatic heterocycles. The molecule has 1 unspecified atom stereocenters. The predicted octanol–water partition coefficient (Wildman–Crippen LogP) is 4.55. The monoisotopic (exact) mass is 287 g/mol. The van der Waals surface area contributed by atoms with Crippen LogP contribution in [0.25, 0.3) is 0 Å². The molecule has 0 N–H and O–H groups in total. The quantitative estimate of drug-likeness (QED) is 0.686. The Kier molecular flexibility index (Phi) is 6.44. The van der Waals surface area contributed by atoms with Crippen molar-refractivity contribution < 1.29 is 4.79 Å². The van der Waals surface area contributed by atoms with E-state index in [1.54, 1.807) is 0 Å². The largest absolute Gasteiger partial charge is 0.300 e. The second-order valence-electron chi connectivity index (χ2n) is 6.28. The fraction of sp³-hybridized carbons (Fsp3) is 0.632. The van der Waals surface area contributed by atoms with Crippen molar-refractivity contribution in [3.8, 4) is 0 Å². The summed E-state index contributed by atoms with van der Waals surface area (Å²) < 4.78 is 0. The Bertz CT molecular complexity index is 422. The number of hydrogen-bond donors (Lipinski definition) is 0. The molecule has 21 heavy (non-hydrogen) atoms. The van der Waals surface area contributed by atoms with Crippen LogP contribution < -0.4 is 0 Å². The Morgan fingerprint density at radius 2 is 1.76 bits per heavy atom. The Hall–Kier alpha value is -1.15. The molecule has 0 saturated heterocycles. The van der Waals surface area contributed by atoms with Gasteiger partial charge < -0.3 is 4.90 Å². The average Bonchev–Trinajstić information content (AvgIpc) is 2.55. The fourth-order valence-electron chi connectivity index (χ4n) is 3.62. The zero-order valence-electron chi connectivity index (χ0n) is 13.6. The topological polar surface area (TPSA) is 20.3 Å². The van der Waals surface area contributed by atoms with Crippen LogP contribution in [0.15, 0.2) is 30.3 Å². The molecule has 0 heterocycles. The van der Waals surface area contributed by atoms with Crippen LogP contribution in [0.4, 0.5) is 0 Å². The lowest BCUT2D eigenvalue weighted by Crippen LogP contribution is -2.41. The summed E-state index contributed by atoms with van der Waals surface area (Å²) in [6, 6.07) is 10.4. The van der Waals surface area contributed by atoms with E-state index in [2.05, 4.69) is 18.7 Å². The van der Waals surface area contributed by atoms with Crippen LogP contribution in [0, 0.1) is 5.92 Å². The molecular formula is C19H29NO. The molecule has 0 bridgehead atoms. The third kappa shape index (κ3) is 4.41. The van der Waals surface area contributed by atoms with Gasteiger partial charge in [-0.2, -0.15) is 0 Å². The maximum absolute atomic E-state index is 12.7. The Labute approximate surface area is 129 Å². The zero-order valence-corrected chi connectivity index (χ0v) is 13.6. The molecule has 2 atom stereocenters. The fourth-order valence-corrected chi connectivity index (χ4v) is 3.62. The summed E-state index contributed by atoms with van der Waals surface area (Å²) in [7, 11) is 0. The van der Waals surface area contributed by atoms with E-state index in [-0.39, 0.29) is 5.92 Å². The number of ketones is 1. The van der Waals surface area contributed by atoms with Crippen LogP contribution in [0.3, 0.4) is 0 Å². The van der Waals surface area contributed by atoms with Gasteiger partial charge >= 0.3 is 0 Å². The molecule has 1 aliphatic carbocycles. The van der Waals surface area contributed by atoms with Crippen LogP contribution in [0.1, 0.15) is 62.7 Å². The third-order valence-corrected chi connectivity index (χ3v) is 4.61. The Morgan fingerprint density at radius 3 is 2.38 bits per heavy atom. The molecule has 1 saturated carbocycles. The first-order valence-electron chi connectivity index (χ1n) is 8.59. The average molecular weight is 287 g/mol. The Balaban J connectivity index is 2.01. The van der Waals surface area contributed by atoms with Gasteiger partial charge in [0.2, 0.25) is 0 Å². The summed E-state index contributed by atoms with van der Waals surface area (Å²) in [4.78, 5) is 15.3. The number of hydrogen-bond acceptors (Lipinski definition) is 2. The highest BCUT2D eigenvalue weighted by atomic mass is 16.1. The van der Waals surface area contributed by atoms with E-state index in [1.807, 2.05) is 30.3 Å². The molecule has 1 aromatic carbocycles. The number of Topliss-reactive ketones (excluding diaryl/α,β-unsaturated/α-hetero) is 1. The minimum atomic E-state index is 0.224. The predicted molar refractivity (Wildman–Crippen MR) is 88.7 cm³/mol. The van der Waals surface area contributed by atoms with Crippen LogP contribution in [-0.4, -0.2) is 29.8 Å². The smallest absolute Gasteiger partial charge is 0.165 e. The summed E-state index contributed by atoms with van der Waals surface area (Å²) in [6.45, 7) is 6.84. The second kappa shape index (κ2) is 8.33. The first kappa shape index (κ1) is 16.2. The summed E-state index contributed by atoms with van der Waals surface area (Å²) >= 11 is 0. The van der Waals surface area contributed by atoms with E-state index in [0.717, 1.165) is 18.4 Å². The molecule has 2 nitrogen and oxygen atoms in total. The van der Waals surface area contributed by atoms with E-state index >= 15 is 0 Å². The van der Waals surface area contributed by atoms with Crippen molar-refractivity contribution in [2.24, 2.45) is 5.92 Å². The van der Waals surface area contributed by atoms with E-state index in [9.17, 15) is 4.79 Å². The summed E-state index contributed by atoms with van der Waals surface area (Å²) in [5.74, 6) is 0.579. The van der Waals surface area contributed by atoms with Crippen LogP contribution in [0.5, 0.6) is 0 Å². The standard InChI is InChI=1S/C19H29NO/c1-3-13-20(14-4-2)18-12-8-11-17(15-18)19(21)16-9-6-5-7-10-16/h5-7,9-10,17-18H,3-4,8,11-15H2,1-2H3/t17?,18-/m1/s1. The first-order valence-corrected chi connectivity index (χ1v) is 8.59.